The second-order valence-electron chi connectivity index (χ2n) is 6.07. The Morgan fingerprint density at radius 2 is 1.83 bits per heavy atom. The largest absolute Gasteiger partial charge is 0.370 e. The average Bonchev–Trinajstić information content (AvgIpc) is 2.97. The van der Waals surface area contributed by atoms with E-state index >= 15 is 0 Å². The number of nitrogens with two attached hydrogens (primary N) is 4. The first kappa shape index (κ1) is 17.7. The number of carbonyl (C=O) groups is 2. The maximum absolute atomic E-state index is 12.2. The highest BCUT2D eigenvalue weighted by Gasteiger charge is 2.33. The average molecular weight is 332 g/mol. The van der Waals surface area contributed by atoms with Crippen LogP contribution in [0.15, 0.2) is 29.3 Å². The standard InChI is InChI=1S/C16H24N6O2/c17-12(8-9-4-6-10(7-5-9)21-16(19)20)15(24)22-13-3-1-2-11(13)14(18)23/h4-7,11-13H,1-3,8,17H2,(H2,18,23)(H,22,24)(H4,19,20,21)/t11-,12-,13+/m0/s1. The third kappa shape index (κ3) is 4.69. The summed E-state index contributed by atoms with van der Waals surface area (Å²) in [4.78, 5) is 27.5. The first-order valence-corrected chi connectivity index (χ1v) is 7.90. The minimum atomic E-state index is -0.701. The van der Waals surface area contributed by atoms with Gasteiger partial charge in [-0.25, -0.2) is 4.99 Å². The summed E-state index contributed by atoms with van der Waals surface area (Å²) in [6.45, 7) is 0. The van der Waals surface area contributed by atoms with Gasteiger partial charge in [0.1, 0.15) is 0 Å². The molecule has 1 fully saturated rings. The number of carbonyl (C=O) groups excluding carboxylic acids is 2. The van der Waals surface area contributed by atoms with Crippen molar-refractivity contribution in [1.29, 1.82) is 0 Å². The highest BCUT2D eigenvalue weighted by molar-refractivity contribution is 5.84. The molecule has 2 amide bonds. The summed E-state index contributed by atoms with van der Waals surface area (Å²) in [5, 5.41) is 2.85. The molecular weight excluding hydrogens is 308 g/mol. The SMILES string of the molecule is NC(=O)[C@H]1CCC[C@H]1NC(=O)[C@@H](N)Cc1ccc(N=C(N)N)cc1. The van der Waals surface area contributed by atoms with Crippen LogP contribution in [-0.2, 0) is 16.0 Å². The summed E-state index contributed by atoms with van der Waals surface area (Å²) in [5.41, 5.74) is 23.5. The maximum atomic E-state index is 12.2. The molecule has 3 atom stereocenters. The topological polar surface area (TPSA) is 163 Å². The van der Waals surface area contributed by atoms with Crippen molar-refractivity contribution in [3.63, 3.8) is 0 Å². The van der Waals surface area contributed by atoms with Crippen molar-refractivity contribution in [3.05, 3.63) is 29.8 Å². The van der Waals surface area contributed by atoms with Gasteiger partial charge in [0, 0.05) is 6.04 Å². The molecule has 8 nitrogen and oxygen atoms in total. The van der Waals surface area contributed by atoms with Gasteiger partial charge in [-0.2, -0.15) is 0 Å². The summed E-state index contributed by atoms with van der Waals surface area (Å²) < 4.78 is 0. The molecule has 24 heavy (non-hydrogen) atoms. The number of benzene rings is 1. The molecule has 0 aromatic heterocycles. The number of aliphatic imine (C=N–C) groups is 1. The smallest absolute Gasteiger partial charge is 0.237 e. The van der Waals surface area contributed by atoms with Gasteiger partial charge in [0.05, 0.1) is 17.6 Å². The maximum Gasteiger partial charge on any atom is 0.237 e. The molecule has 0 spiro atoms. The Morgan fingerprint density at radius 1 is 1.17 bits per heavy atom. The number of primary amides is 1. The van der Waals surface area contributed by atoms with E-state index in [-0.39, 0.29) is 29.7 Å². The fourth-order valence-electron chi connectivity index (χ4n) is 2.97. The number of hydrogen-bond donors (Lipinski definition) is 5. The van der Waals surface area contributed by atoms with E-state index < -0.39 is 6.04 Å². The molecule has 0 heterocycles. The Kier molecular flexibility index (Phi) is 5.75. The minimum absolute atomic E-state index is 0.0144. The van der Waals surface area contributed by atoms with Crippen LogP contribution in [-0.4, -0.2) is 29.9 Å². The molecule has 2 rings (SSSR count). The van der Waals surface area contributed by atoms with Gasteiger partial charge in [-0.05, 0) is 37.0 Å². The van der Waals surface area contributed by atoms with Crippen LogP contribution < -0.4 is 28.3 Å². The molecule has 130 valence electrons. The Morgan fingerprint density at radius 3 is 2.42 bits per heavy atom. The number of amides is 2. The molecule has 1 aliphatic rings. The van der Waals surface area contributed by atoms with Crippen molar-refractivity contribution in [2.75, 3.05) is 0 Å². The van der Waals surface area contributed by atoms with Crippen LogP contribution in [0, 0.1) is 5.92 Å². The molecule has 1 aromatic carbocycles. The molecule has 1 aliphatic carbocycles. The Balaban J connectivity index is 1.91. The third-order valence-corrected chi connectivity index (χ3v) is 4.20. The predicted molar refractivity (Wildman–Crippen MR) is 92.1 cm³/mol. The van der Waals surface area contributed by atoms with Crippen molar-refractivity contribution < 1.29 is 9.59 Å². The van der Waals surface area contributed by atoms with Crippen molar-refractivity contribution >= 4 is 23.5 Å². The lowest BCUT2D eigenvalue weighted by Gasteiger charge is -2.21. The lowest BCUT2D eigenvalue weighted by molar-refractivity contribution is -0.125. The van der Waals surface area contributed by atoms with Crippen LogP contribution in [0.25, 0.3) is 0 Å². The van der Waals surface area contributed by atoms with Crippen LogP contribution in [0.4, 0.5) is 5.69 Å². The highest BCUT2D eigenvalue weighted by Crippen LogP contribution is 2.25. The van der Waals surface area contributed by atoms with Crippen LogP contribution in [0.3, 0.4) is 0 Å². The molecule has 0 saturated heterocycles. The van der Waals surface area contributed by atoms with E-state index in [9.17, 15) is 9.59 Å². The second kappa shape index (κ2) is 7.78. The van der Waals surface area contributed by atoms with Crippen LogP contribution in [0.5, 0.6) is 0 Å². The molecule has 0 bridgehead atoms. The molecule has 0 unspecified atom stereocenters. The zero-order chi connectivity index (χ0) is 17.7. The lowest BCUT2D eigenvalue weighted by Crippen LogP contribution is -2.49. The number of hydrogen-bond acceptors (Lipinski definition) is 4. The van der Waals surface area contributed by atoms with E-state index in [0.717, 1.165) is 18.4 Å². The zero-order valence-electron chi connectivity index (χ0n) is 13.4. The van der Waals surface area contributed by atoms with E-state index in [1.54, 1.807) is 12.1 Å². The first-order chi connectivity index (χ1) is 11.4. The highest BCUT2D eigenvalue weighted by atomic mass is 16.2. The van der Waals surface area contributed by atoms with Crippen LogP contribution in [0.2, 0.25) is 0 Å². The van der Waals surface area contributed by atoms with Gasteiger partial charge in [-0.1, -0.05) is 18.6 Å². The van der Waals surface area contributed by atoms with Gasteiger partial charge in [0.25, 0.3) is 0 Å². The molecule has 0 radical (unpaired) electrons. The molecule has 9 N–H and O–H groups in total. The molecule has 0 aliphatic heterocycles. The minimum Gasteiger partial charge on any atom is -0.370 e. The fraction of sp³-hybridized carbons (Fsp3) is 0.438. The summed E-state index contributed by atoms with van der Waals surface area (Å²) in [5.74, 6) is -0.970. The normalized spacial score (nSPS) is 21.0. The van der Waals surface area contributed by atoms with Crippen LogP contribution >= 0.6 is 0 Å². The van der Waals surface area contributed by atoms with Gasteiger partial charge >= 0.3 is 0 Å². The monoisotopic (exact) mass is 332 g/mol. The van der Waals surface area contributed by atoms with Crippen molar-refractivity contribution in [2.24, 2.45) is 33.8 Å². The summed E-state index contributed by atoms with van der Waals surface area (Å²) in [7, 11) is 0. The third-order valence-electron chi connectivity index (χ3n) is 4.20. The van der Waals surface area contributed by atoms with E-state index in [4.69, 9.17) is 22.9 Å². The second-order valence-corrected chi connectivity index (χ2v) is 6.07. The quantitative estimate of drug-likeness (QED) is 0.341. The Labute approximate surface area is 140 Å². The van der Waals surface area contributed by atoms with E-state index in [1.807, 2.05) is 12.1 Å². The van der Waals surface area contributed by atoms with Gasteiger partial charge in [-0.15, -0.1) is 0 Å². The van der Waals surface area contributed by atoms with Gasteiger partial charge < -0.3 is 28.3 Å². The molecule has 8 heteroatoms. The fourth-order valence-corrected chi connectivity index (χ4v) is 2.97. The van der Waals surface area contributed by atoms with Crippen molar-refractivity contribution in [3.8, 4) is 0 Å². The summed E-state index contributed by atoms with van der Waals surface area (Å²) >= 11 is 0. The lowest BCUT2D eigenvalue weighted by atomic mass is 10.0. The number of guanidine groups is 1. The van der Waals surface area contributed by atoms with Gasteiger partial charge in [0.15, 0.2) is 5.96 Å². The molecule has 1 aromatic rings. The summed E-state index contributed by atoms with van der Waals surface area (Å²) in [6.07, 6.45) is 2.71. The van der Waals surface area contributed by atoms with Crippen molar-refractivity contribution in [1.82, 2.24) is 5.32 Å². The molecule has 1 saturated carbocycles. The van der Waals surface area contributed by atoms with Crippen LogP contribution in [0.1, 0.15) is 24.8 Å². The van der Waals surface area contributed by atoms with E-state index in [2.05, 4.69) is 10.3 Å². The van der Waals surface area contributed by atoms with E-state index in [0.29, 0.717) is 18.5 Å². The van der Waals surface area contributed by atoms with Crippen molar-refractivity contribution in [2.45, 2.75) is 37.8 Å². The summed E-state index contributed by atoms with van der Waals surface area (Å²) in [6, 6.07) is 6.21. The number of rotatable bonds is 6. The number of nitrogens with one attached hydrogen (secondary N) is 1. The van der Waals surface area contributed by atoms with Gasteiger partial charge in [0.2, 0.25) is 11.8 Å². The zero-order valence-corrected chi connectivity index (χ0v) is 13.4. The number of nitrogens with zero attached hydrogens (tertiary/aromatic N) is 1. The predicted octanol–water partition coefficient (Wildman–Crippen LogP) is -0.768. The Hall–Kier alpha value is -2.61. The first-order valence-electron chi connectivity index (χ1n) is 7.90. The van der Waals surface area contributed by atoms with E-state index in [1.165, 1.54) is 0 Å². The molecular formula is C16H24N6O2. The van der Waals surface area contributed by atoms with Gasteiger partial charge in [-0.3, -0.25) is 9.59 Å². The Bertz CT molecular complexity index is 624.